The lowest BCUT2D eigenvalue weighted by Gasteiger charge is -2.18. The van der Waals surface area contributed by atoms with E-state index in [0.717, 1.165) is 21.6 Å². The lowest BCUT2D eigenvalue weighted by molar-refractivity contribution is -0.116. The first-order valence-corrected chi connectivity index (χ1v) is 15.5. The Morgan fingerprint density at radius 1 is 0.717 bits per heavy atom. The van der Waals surface area contributed by atoms with Gasteiger partial charge in [0.2, 0.25) is 5.91 Å². The smallest absolute Gasteiger partial charge is 0.272 e. The first-order chi connectivity index (χ1) is 22.4. The Bertz CT molecular complexity index is 1820. The van der Waals surface area contributed by atoms with E-state index in [9.17, 15) is 14.4 Å². The van der Waals surface area contributed by atoms with Crippen molar-refractivity contribution in [1.29, 1.82) is 0 Å². The summed E-state index contributed by atoms with van der Waals surface area (Å²) in [6.07, 6.45) is 1.64. The molecule has 5 rings (SSSR count). The lowest BCUT2D eigenvalue weighted by Crippen LogP contribution is -2.30. The van der Waals surface area contributed by atoms with Crippen molar-refractivity contribution >= 4 is 46.9 Å². The zero-order valence-electron chi connectivity index (χ0n) is 25.4. The van der Waals surface area contributed by atoms with Crippen molar-refractivity contribution in [3.8, 4) is 5.75 Å². The highest BCUT2D eigenvalue weighted by molar-refractivity contribution is 8.00. The minimum Gasteiger partial charge on any atom is -0.497 e. The van der Waals surface area contributed by atoms with Crippen LogP contribution >= 0.6 is 11.8 Å². The number of hydrogen-bond acceptors (Lipinski definition) is 5. The standard InChI is InChI=1S/C38H33N3O4S/c1-26-16-18-27(19-17-26)24-34(41-36(42)29-12-7-4-8-13-29)37(43)39-30-20-22-33(23-21-30)46-35(28-10-5-3-6-11-28)38(44)40-31-14-9-15-32(25-31)45-2/h3-25,35H,1-2H3,(H,39,43)(H,40,44)(H,41,42)/b34-24-. The molecule has 0 aromatic heterocycles. The van der Waals surface area contributed by atoms with E-state index in [0.29, 0.717) is 22.7 Å². The maximum absolute atomic E-state index is 13.5. The second-order valence-electron chi connectivity index (χ2n) is 10.4. The maximum atomic E-state index is 13.5. The van der Waals surface area contributed by atoms with Gasteiger partial charge in [-0.15, -0.1) is 11.8 Å². The van der Waals surface area contributed by atoms with Crippen LogP contribution in [0.2, 0.25) is 0 Å². The molecule has 0 fully saturated rings. The maximum Gasteiger partial charge on any atom is 0.272 e. The number of methoxy groups -OCH3 is 1. The van der Waals surface area contributed by atoms with E-state index >= 15 is 0 Å². The summed E-state index contributed by atoms with van der Waals surface area (Å²) < 4.78 is 5.29. The van der Waals surface area contributed by atoms with Crippen LogP contribution < -0.4 is 20.7 Å². The van der Waals surface area contributed by atoms with Crippen molar-refractivity contribution < 1.29 is 19.1 Å². The van der Waals surface area contributed by atoms with Gasteiger partial charge in [0.05, 0.1) is 7.11 Å². The molecule has 0 aliphatic heterocycles. The van der Waals surface area contributed by atoms with Crippen LogP contribution in [0.4, 0.5) is 11.4 Å². The molecule has 0 aliphatic rings. The third kappa shape index (κ3) is 8.74. The van der Waals surface area contributed by atoms with Crippen LogP contribution in [-0.4, -0.2) is 24.8 Å². The summed E-state index contributed by atoms with van der Waals surface area (Å²) in [5.41, 5.74) is 4.43. The molecule has 0 heterocycles. The average molecular weight is 628 g/mol. The Morgan fingerprint density at radius 2 is 1.39 bits per heavy atom. The highest BCUT2D eigenvalue weighted by Gasteiger charge is 2.23. The second kappa shape index (κ2) is 15.4. The summed E-state index contributed by atoms with van der Waals surface area (Å²) in [6, 6.07) is 40.4. The normalized spacial score (nSPS) is 11.7. The van der Waals surface area contributed by atoms with Crippen LogP contribution in [0.15, 0.2) is 144 Å². The number of amides is 3. The molecule has 0 spiro atoms. The van der Waals surface area contributed by atoms with E-state index in [1.165, 1.54) is 11.8 Å². The summed E-state index contributed by atoms with van der Waals surface area (Å²) >= 11 is 1.40. The zero-order valence-corrected chi connectivity index (χ0v) is 26.2. The highest BCUT2D eigenvalue weighted by Crippen LogP contribution is 2.37. The number of nitrogens with one attached hydrogen (secondary N) is 3. The zero-order chi connectivity index (χ0) is 32.3. The molecule has 230 valence electrons. The van der Waals surface area contributed by atoms with Gasteiger partial charge in [-0.05, 0) is 72.7 Å². The van der Waals surface area contributed by atoms with Crippen molar-refractivity contribution in [3.05, 3.63) is 161 Å². The minimum absolute atomic E-state index is 0.106. The molecule has 0 bridgehead atoms. The van der Waals surface area contributed by atoms with Crippen LogP contribution in [0.3, 0.4) is 0 Å². The van der Waals surface area contributed by atoms with Crippen LogP contribution in [0, 0.1) is 6.92 Å². The Balaban J connectivity index is 1.32. The molecule has 0 saturated heterocycles. The van der Waals surface area contributed by atoms with Crippen molar-refractivity contribution in [2.75, 3.05) is 17.7 Å². The highest BCUT2D eigenvalue weighted by atomic mass is 32.2. The number of rotatable bonds is 11. The van der Waals surface area contributed by atoms with Gasteiger partial charge in [-0.3, -0.25) is 14.4 Å². The molecular weight excluding hydrogens is 595 g/mol. The number of carbonyl (C=O) groups excluding carboxylic acids is 3. The largest absolute Gasteiger partial charge is 0.497 e. The lowest BCUT2D eigenvalue weighted by atomic mass is 10.1. The fourth-order valence-corrected chi connectivity index (χ4v) is 5.56. The third-order valence-corrected chi connectivity index (χ3v) is 8.23. The molecule has 5 aromatic rings. The van der Waals surface area contributed by atoms with Crippen molar-refractivity contribution in [1.82, 2.24) is 5.32 Å². The Labute approximate surface area is 272 Å². The summed E-state index contributed by atoms with van der Waals surface area (Å²) in [5.74, 6) is -0.386. The average Bonchev–Trinajstić information content (AvgIpc) is 3.09. The number of benzene rings is 5. The van der Waals surface area contributed by atoms with Crippen molar-refractivity contribution in [2.45, 2.75) is 17.1 Å². The summed E-state index contributed by atoms with van der Waals surface area (Å²) in [4.78, 5) is 40.7. The fourth-order valence-electron chi connectivity index (χ4n) is 4.53. The van der Waals surface area contributed by atoms with E-state index in [1.807, 2.05) is 97.9 Å². The topological polar surface area (TPSA) is 96.5 Å². The first kappa shape index (κ1) is 31.8. The molecule has 0 saturated carbocycles. The predicted molar refractivity (Wildman–Crippen MR) is 185 cm³/mol. The summed E-state index contributed by atoms with van der Waals surface area (Å²) in [7, 11) is 1.58. The number of ether oxygens (including phenoxy) is 1. The fraction of sp³-hybridized carbons (Fsp3) is 0.0789. The summed E-state index contributed by atoms with van der Waals surface area (Å²) in [5, 5.41) is 8.11. The van der Waals surface area contributed by atoms with Gasteiger partial charge >= 0.3 is 0 Å². The molecule has 5 aromatic carbocycles. The van der Waals surface area contributed by atoms with Crippen molar-refractivity contribution in [3.63, 3.8) is 0 Å². The monoisotopic (exact) mass is 627 g/mol. The van der Waals surface area contributed by atoms with E-state index in [-0.39, 0.29) is 17.5 Å². The number of anilines is 2. The number of thioether (sulfide) groups is 1. The van der Waals surface area contributed by atoms with Gasteiger partial charge in [-0.25, -0.2) is 0 Å². The molecule has 46 heavy (non-hydrogen) atoms. The molecule has 0 aliphatic carbocycles. The molecular formula is C38H33N3O4S. The van der Waals surface area contributed by atoms with E-state index in [4.69, 9.17) is 4.74 Å². The van der Waals surface area contributed by atoms with E-state index in [2.05, 4.69) is 16.0 Å². The Hall–Kier alpha value is -5.60. The minimum atomic E-state index is -0.537. The number of carbonyl (C=O) groups is 3. The number of hydrogen-bond donors (Lipinski definition) is 3. The van der Waals surface area contributed by atoms with Crippen LogP contribution in [-0.2, 0) is 9.59 Å². The van der Waals surface area contributed by atoms with E-state index in [1.54, 1.807) is 55.7 Å². The first-order valence-electron chi connectivity index (χ1n) is 14.6. The Kier molecular flexibility index (Phi) is 10.7. The quantitative estimate of drug-likeness (QED) is 0.102. The van der Waals surface area contributed by atoms with Crippen molar-refractivity contribution in [2.24, 2.45) is 0 Å². The van der Waals surface area contributed by atoms with Gasteiger partial charge in [0.1, 0.15) is 16.7 Å². The van der Waals surface area contributed by atoms with Gasteiger partial charge in [0.15, 0.2) is 0 Å². The molecule has 3 amide bonds. The molecule has 3 N–H and O–H groups in total. The third-order valence-electron chi connectivity index (χ3n) is 6.96. The molecule has 8 heteroatoms. The molecule has 0 radical (unpaired) electrons. The van der Waals surface area contributed by atoms with Gasteiger partial charge in [0.25, 0.3) is 11.8 Å². The van der Waals surface area contributed by atoms with Gasteiger partial charge in [0, 0.05) is 27.9 Å². The van der Waals surface area contributed by atoms with Gasteiger partial charge in [-0.2, -0.15) is 0 Å². The SMILES string of the molecule is COc1cccc(NC(=O)C(Sc2ccc(NC(=O)/C(=C/c3ccc(C)cc3)NC(=O)c3ccccc3)cc2)c2ccccc2)c1. The van der Waals surface area contributed by atoms with Gasteiger partial charge in [-0.1, -0.05) is 84.4 Å². The Morgan fingerprint density at radius 3 is 2.07 bits per heavy atom. The van der Waals surface area contributed by atoms with E-state index < -0.39 is 11.2 Å². The summed E-state index contributed by atoms with van der Waals surface area (Å²) in [6.45, 7) is 1.98. The molecule has 1 unspecified atom stereocenters. The van der Waals surface area contributed by atoms with Gasteiger partial charge < -0.3 is 20.7 Å². The van der Waals surface area contributed by atoms with Crippen LogP contribution in [0.5, 0.6) is 5.75 Å². The predicted octanol–water partition coefficient (Wildman–Crippen LogP) is 7.89. The molecule has 7 nitrogen and oxygen atoms in total. The van der Waals surface area contributed by atoms with Crippen LogP contribution in [0.25, 0.3) is 6.08 Å². The second-order valence-corrected chi connectivity index (χ2v) is 11.6. The molecule has 1 atom stereocenters. The number of aryl methyl sites for hydroxylation is 1. The van der Waals surface area contributed by atoms with Crippen LogP contribution in [0.1, 0.15) is 32.3 Å².